The van der Waals surface area contributed by atoms with Crippen LogP contribution in [-0.2, 0) is 4.79 Å². The Bertz CT molecular complexity index is 743. The lowest BCUT2D eigenvalue weighted by molar-refractivity contribution is -0.121. The number of likely N-dealkylation sites (tertiary alicyclic amines) is 1. The molecule has 1 fully saturated rings. The minimum atomic E-state index is -1.05. The molecular formula is C25H33NO4. The molecule has 2 aromatic carbocycles. The van der Waals surface area contributed by atoms with E-state index in [0.29, 0.717) is 13.0 Å². The third kappa shape index (κ3) is 5.16. The minimum absolute atomic E-state index is 0.0833. The zero-order chi connectivity index (χ0) is 21.5. The average Bonchev–Trinajstić information content (AvgIpc) is 2.99. The highest BCUT2D eigenvalue weighted by molar-refractivity contribution is 5.79. The van der Waals surface area contributed by atoms with Crippen LogP contribution in [0.25, 0.3) is 0 Å². The third-order valence-corrected chi connectivity index (χ3v) is 6.22. The maximum absolute atomic E-state index is 12.3. The lowest BCUT2D eigenvalue weighted by Gasteiger charge is -2.31. The minimum Gasteiger partial charge on any atom is -0.395 e. The van der Waals surface area contributed by atoms with E-state index in [9.17, 15) is 20.1 Å². The van der Waals surface area contributed by atoms with Gasteiger partial charge in [0.05, 0.1) is 24.9 Å². The highest BCUT2D eigenvalue weighted by Crippen LogP contribution is 2.33. The van der Waals surface area contributed by atoms with Crippen molar-refractivity contribution in [3.63, 3.8) is 0 Å². The van der Waals surface area contributed by atoms with Crippen LogP contribution in [0, 0.1) is 0 Å². The summed E-state index contributed by atoms with van der Waals surface area (Å²) >= 11 is 0. The van der Waals surface area contributed by atoms with Crippen molar-refractivity contribution < 1.29 is 20.1 Å². The molecule has 4 atom stereocenters. The number of hydrogen-bond donors (Lipinski definition) is 3. The van der Waals surface area contributed by atoms with Gasteiger partial charge in [-0.3, -0.25) is 9.69 Å². The number of nitrogens with zero attached hydrogens (tertiary/aromatic N) is 1. The molecule has 2 aromatic rings. The summed E-state index contributed by atoms with van der Waals surface area (Å²) in [6, 6.07) is 19.5. The number of carbonyl (C=O) groups is 1. The molecule has 1 aliphatic heterocycles. The quantitative estimate of drug-likeness (QED) is 0.560. The van der Waals surface area contributed by atoms with Crippen LogP contribution in [0.1, 0.15) is 49.7 Å². The van der Waals surface area contributed by atoms with Crippen LogP contribution in [0.15, 0.2) is 60.7 Å². The molecule has 5 nitrogen and oxygen atoms in total. The first-order valence-electron chi connectivity index (χ1n) is 10.9. The normalized spacial score (nSPS) is 24.4. The summed E-state index contributed by atoms with van der Waals surface area (Å²) < 4.78 is 0. The molecule has 5 heteroatoms. The van der Waals surface area contributed by atoms with Crippen LogP contribution in [0.5, 0.6) is 0 Å². The second kappa shape index (κ2) is 10.8. The molecule has 0 amide bonds. The number of benzene rings is 2. The number of aliphatic hydroxyl groups excluding tert-OH is 3. The van der Waals surface area contributed by atoms with Gasteiger partial charge in [-0.15, -0.1) is 0 Å². The molecule has 0 aliphatic carbocycles. The van der Waals surface area contributed by atoms with Gasteiger partial charge in [-0.1, -0.05) is 67.6 Å². The maximum Gasteiger partial charge on any atom is 0.134 e. The van der Waals surface area contributed by atoms with Crippen molar-refractivity contribution in [1.82, 2.24) is 4.90 Å². The smallest absolute Gasteiger partial charge is 0.134 e. The van der Waals surface area contributed by atoms with E-state index in [1.165, 1.54) is 11.1 Å². The van der Waals surface area contributed by atoms with Crippen LogP contribution >= 0.6 is 0 Å². The Kier molecular flexibility index (Phi) is 8.16. The van der Waals surface area contributed by atoms with E-state index in [4.69, 9.17) is 0 Å². The molecule has 30 heavy (non-hydrogen) atoms. The Morgan fingerprint density at radius 1 is 0.933 bits per heavy atom. The number of hydrogen-bond acceptors (Lipinski definition) is 5. The van der Waals surface area contributed by atoms with Crippen molar-refractivity contribution in [2.24, 2.45) is 0 Å². The Balaban J connectivity index is 1.81. The van der Waals surface area contributed by atoms with Crippen molar-refractivity contribution in [3.05, 3.63) is 71.8 Å². The van der Waals surface area contributed by atoms with E-state index in [1.54, 1.807) is 0 Å². The Hall–Kier alpha value is -2.05. The number of aliphatic hydroxyl groups is 3. The number of carbonyl (C=O) groups excluding carboxylic acids is 1. The summed E-state index contributed by atoms with van der Waals surface area (Å²) in [5.74, 6) is 0.230. The monoisotopic (exact) mass is 411 g/mol. The van der Waals surface area contributed by atoms with Gasteiger partial charge in [0, 0.05) is 24.8 Å². The summed E-state index contributed by atoms with van der Waals surface area (Å²) in [5, 5.41) is 30.9. The molecule has 0 spiro atoms. The third-order valence-electron chi connectivity index (χ3n) is 6.22. The van der Waals surface area contributed by atoms with E-state index in [-0.39, 0.29) is 24.7 Å². The maximum atomic E-state index is 12.3. The first-order chi connectivity index (χ1) is 14.6. The predicted octanol–water partition coefficient (Wildman–Crippen LogP) is 2.73. The van der Waals surface area contributed by atoms with Crippen LogP contribution in [0.4, 0.5) is 0 Å². The average molecular weight is 412 g/mol. The Morgan fingerprint density at radius 3 is 1.97 bits per heavy atom. The zero-order valence-corrected chi connectivity index (χ0v) is 17.6. The van der Waals surface area contributed by atoms with Gasteiger partial charge in [0.15, 0.2) is 0 Å². The molecule has 1 heterocycles. The first kappa shape index (κ1) is 22.6. The molecule has 0 radical (unpaired) electrons. The van der Waals surface area contributed by atoms with Gasteiger partial charge in [-0.05, 0) is 30.5 Å². The highest BCUT2D eigenvalue weighted by Gasteiger charge is 2.47. The molecule has 0 saturated carbocycles. The fourth-order valence-corrected chi connectivity index (χ4v) is 4.66. The van der Waals surface area contributed by atoms with E-state index >= 15 is 0 Å². The predicted molar refractivity (Wildman–Crippen MR) is 117 cm³/mol. The molecule has 0 aromatic heterocycles. The number of ketones is 1. The second-order valence-electron chi connectivity index (χ2n) is 8.19. The van der Waals surface area contributed by atoms with E-state index in [2.05, 4.69) is 24.3 Å². The molecule has 1 aliphatic rings. The number of rotatable bonds is 10. The van der Waals surface area contributed by atoms with Crippen LogP contribution < -0.4 is 0 Å². The summed E-state index contributed by atoms with van der Waals surface area (Å²) in [4.78, 5) is 14.2. The lowest BCUT2D eigenvalue weighted by atomic mass is 9.88. The zero-order valence-electron chi connectivity index (χ0n) is 17.6. The Morgan fingerprint density at radius 2 is 1.47 bits per heavy atom. The van der Waals surface area contributed by atoms with Gasteiger partial charge >= 0.3 is 0 Å². The summed E-state index contributed by atoms with van der Waals surface area (Å²) in [7, 11) is 0. The van der Waals surface area contributed by atoms with Crippen LogP contribution in [-0.4, -0.2) is 63.4 Å². The highest BCUT2D eigenvalue weighted by atomic mass is 16.3. The van der Waals surface area contributed by atoms with E-state index in [0.717, 1.165) is 12.8 Å². The van der Waals surface area contributed by atoms with Gasteiger partial charge in [-0.2, -0.15) is 0 Å². The van der Waals surface area contributed by atoms with Crippen molar-refractivity contribution in [2.45, 2.75) is 62.8 Å². The topological polar surface area (TPSA) is 81.0 Å². The lowest BCUT2D eigenvalue weighted by Crippen LogP contribution is -2.43. The standard InChI is InChI=1S/C25H33NO4/c1-2-9-20(28)16-22-24(29)25(30)23(17-27)26(22)15-14-21(18-10-5-3-6-11-18)19-12-7-4-8-13-19/h3-8,10-13,21-25,27,29-30H,2,9,14-17H2,1H3/t22?,23-,24-,25-/m1/s1. The molecule has 0 bridgehead atoms. The first-order valence-corrected chi connectivity index (χ1v) is 10.9. The van der Waals surface area contributed by atoms with Gasteiger partial charge in [0.25, 0.3) is 0 Å². The van der Waals surface area contributed by atoms with Crippen molar-refractivity contribution >= 4 is 5.78 Å². The van der Waals surface area contributed by atoms with E-state index < -0.39 is 24.3 Å². The molecular weight excluding hydrogens is 378 g/mol. The molecule has 162 valence electrons. The molecule has 1 saturated heterocycles. The van der Waals surface area contributed by atoms with Gasteiger partial charge < -0.3 is 15.3 Å². The summed E-state index contributed by atoms with van der Waals surface area (Å²) in [6.07, 6.45) is 0.0914. The molecule has 1 unspecified atom stereocenters. The van der Waals surface area contributed by atoms with Crippen LogP contribution in [0.3, 0.4) is 0 Å². The van der Waals surface area contributed by atoms with Crippen molar-refractivity contribution in [1.29, 1.82) is 0 Å². The van der Waals surface area contributed by atoms with Gasteiger partial charge in [0.1, 0.15) is 5.78 Å². The summed E-state index contributed by atoms with van der Waals surface area (Å²) in [5.41, 5.74) is 2.39. The van der Waals surface area contributed by atoms with E-state index in [1.807, 2.05) is 48.2 Å². The van der Waals surface area contributed by atoms with Gasteiger partial charge in [-0.25, -0.2) is 0 Å². The van der Waals surface area contributed by atoms with Crippen LogP contribution in [0.2, 0.25) is 0 Å². The molecule has 3 rings (SSSR count). The molecule has 3 N–H and O–H groups in total. The van der Waals surface area contributed by atoms with Gasteiger partial charge in [0.2, 0.25) is 0 Å². The van der Waals surface area contributed by atoms with Crippen molar-refractivity contribution in [3.8, 4) is 0 Å². The fourth-order valence-electron chi connectivity index (χ4n) is 4.66. The number of Topliss-reactive ketones (excluding diaryl/α,β-unsaturated/α-hetero) is 1. The fraction of sp³-hybridized carbons (Fsp3) is 0.480. The summed E-state index contributed by atoms with van der Waals surface area (Å²) in [6.45, 7) is 2.27. The SMILES string of the molecule is CCCC(=O)CC1[C@@H](O)[C@H](O)[C@@H](CO)N1CCC(c1ccccc1)c1ccccc1. The van der Waals surface area contributed by atoms with Crippen molar-refractivity contribution in [2.75, 3.05) is 13.2 Å². The largest absolute Gasteiger partial charge is 0.395 e. The second-order valence-corrected chi connectivity index (χ2v) is 8.19. The Labute approximate surface area is 179 Å².